The molecule has 1 heterocycles. The summed E-state index contributed by atoms with van der Waals surface area (Å²) in [6, 6.07) is 10.2. The number of ether oxygens (including phenoxy) is 1. The van der Waals surface area contributed by atoms with Crippen LogP contribution in [-0.2, 0) is 4.74 Å². The Balaban J connectivity index is 2.02. The van der Waals surface area contributed by atoms with Crippen molar-refractivity contribution in [3.8, 4) is 0 Å². The molecule has 108 valence electrons. The van der Waals surface area contributed by atoms with Crippen molar-refractivity contribution in [1.82, 2.24) is 4.90 Å². The highest BCUT2D eigenvalue weighted by Crippen LogP contribution is 2.20. The Hall–Kier alpha value is -1.77. The summed E-state index contributed by atoms with van der Waals surface area (Å²) < 4.78 is 5.44. The van der Waals surface area contributed by atoms with Crippen LogP contribution in [0.2, 0.25) is 0 Å². The number of likely N-dealkylation sites (tertiary alicyclic amines) is 1. The summed E-state index contributed by atoms with van der Waals surface area (Å²) >= 11 is 0. The average molecular weight is 273 g/mol. The third kappa shape index (κ3) is 4.41. The van der Waals surface area contributed by atoms with Crippen molar-refractivity contribution in [2.24, 2.45) is 0 Å². The number of rotatable bonds is 1. The van der Waals surface area contributed by atoms with Crippen molar-refractivity contribution < 1.29 is 9.53 Å². The van der Waals surface area contributed by atoms with Gasteiger partial charge in [0.15, 0.2) is 0 Å². The molecule has 1 amide bonds. The standard InChI is InChI=1S/C17H23NO2/c1-17(2,3)20-16(19)18-11-7-10-15(13-18)12-14-8-5-4-6-9-14/h4-6,8-9,12H,7,10-11,13H2,1-3H3/b15-12+. The highest BCUT2D eigenvalue weighted by molar-refractivity contribution is 5.69. The van der Waals surface area contributed by atoms with Gasteiger partial charge in [0.2, 0.25) is 0 Å². The van der Waals surface area contributed by atoms with E-state index in [1.54, 1.807) is 4.90 Å². The van der Waals surface area contributed by atoms with E-state index in [0.717, 1.165) is 19.4 Å². The topological polar surface area (TPSA) is 29.5 Å². The molecule has 3 nitrogen and oxygen atoms in total. The zero-order valence-corrected chi connectivity index (χ0v) is 12.6. The van der Waals surface area contributed by atoms with Gasteiger partial charge in [-0.15, -0.1) is 0 Å². The van der Waals surface area contributed by atoms with Gasteiger partial charge in [0.1, 0.15) is 5.60 Å². The van der Waals surface area contributed by atoms with Crippen LogP contribution in [0.3, 0.4) is 0 Å². The first-order valence-electron chi connectivity index (χ1n) is 7.16. The van der Waals surface area contributed by atoms with Crippen LogP contribution < -0.4 is 0 Å². The molecule has 1 aliphatic rings. The summed E-state index contributed by atoms with van der Waals surface area (Å²) in [5.74, 6) is 0. The molecule has 1 aliphatic heterocycles. The van der Waals surface area contributed by atoms with E-state index in [2.05, 4.69) is 18.2 Å². The van der Waals surface area contributed by atoms with E-state index in [0.29, 0.717) is 6.54 Å². The average Bonchev–Trinajstić information content (AvgIpc) is 2.38. The number of carbonyl (C=O) groups excluding carboxylic acids is 1. The summed E-state index contributed by atoms with van der Waals surface area (Å²) in [4.78, 5) is 13.9. The molecule has 0 bridgehead atoms. The smallest absolute Gasteiger partial charge is 0.410 e. The molecule has 0 aromatic heterocycles. The first-order valence-corrected chi connectivity index (χ1v) is 7.16. The molecule has 2 rings (SSSR count). The van der Waals surface area contributed by atoms with Crippen LogP contribution in [0.5, 0.6) is 0 Å². The Morgan fingerprint density at radius 3 is 2.60 bits per heavy atom. The van der Waals surface area contributed by atoms with Gasteiger partial charge in [-0.1, -0.05) is 42.0 Å². The fraction of sp³-hybridized carbons (Fsp3) is 0.471. The molecule has 1 saturated heterocycles. The summed E-state index contributed by atoms with van der Waals surface area (Å²) in [7, 11) is 0. The summed E-state index contributed by atoms with van der Waals surface area (Å²) in [5, 5.41) is 0. The van der Waals surface area contributed by atoms with E-state index in [9.17, 15) is 4.79 Å². The van der Waals surface area contributed by atoms with Crippen molar-refractivity contribution in [2.45, 2.75) is 39.2 Å². The number of benzene rings is 1. The molecule has 20 heavy (non-hydrogen) atoms. The van der Waals surface area contributed by atoms with Crippen molar-refractivity contribution in [3.63, 3.8) is 0 Å². The molecule has 0 N–H and O–H groups in total. The zero-order chi connectivity index (χ0) is 14.6. The fourth-order valence-electron chi connectivity index (χ4n) is 2.29. The fourth-order valence-corrected chi connectivity index (χ4v) is 2.29. The van der Waals surface area contributed by atoms with Gasteiger partial charge in [-0.3, -0.25) is 0 Å². The SMILES string of the molecule is CC(C)(C)OC(=O)N1CCC/C(=C\c2ccccc2)C1. The van der Waals surface area contributed by atoms with E-state index in [1.807, 2.05) is 39.0 Å². The van der Waals surface area contributed by atoms with E-state index < -0.39 is 5.60 Å². The Bertz CT molecular complexity index is 485. The monoisotopic (exact) mass is 273 g/mol. The lowest BCUT2D eigenvalue weighted by atomic mass is 10.0. The molecule has 3 heteroatoms. The number of nitrogens with zero attached hydrogens (tertiary/aromatic N) is 1. The van der Waals surface area contributed by atoms with Crippen molar-refractivity contribution in [2.75, 3.05) is 13.1 Å². The molecule has 0 aliphatic carbocycles. The van der Waals surface area contributed by atoms with Crippen molar-refractivity contribution >= 4 is 12.2 Å². The van der Waals surface area contributed by atoms with E-state index in [4.69, 9.17) is 4.74 Å². The van der Waals surface area contributed by atoms with Crippen molar-refractivity contribution in [1.29, 1.82) is 0 Å². The molecule has 1 aromatic carbocycles. The summed E-state index contributed by atoms with van der Waals surface area (Å²) in [6.45, 7) is 7.14. The Labute approximate surface area is 121 Å². The van der Waals surface area contributed by atoms with E-state index in [-0.39, 0.29) is 6.09 Å². The van der Waals surface area contributed by atoms with Gasteiger partial charge >= 0.3 is 6.09 Å². The van der Waals surface area contributed by atoms with Gasteiger partial charge in [-0.25, -0.2) is 4.79 Å². The third-order valence-corrected chi connectivity index (χ3v) is 3.14. The van der Waals surface area contributed by atoms with Crippen LogP contribution in [0, 0.1) is 0 Å². The van der Waals surface area contributed by atoms with Crippen molar-refractivity contribution in [3.05, 3.63) is 41.5 Å². The minimum absolute atomic E-state index is 0.212. The lowest BCUT2D eigenvalue weighted by molar-refractivity contribution is 0.0247. The number of piperidine rings is 1. The maximum Gasteiger partial charge on any atom is 0.410 e. The minimum Gasteiger partial charge on any atom is -0.444 e. The molecule has 0 atom stereocenters. The Morgan fingerprint density at radius 2 is 1.95 bits per heavy atom. The number of hydrogen-bond donors (Lipinski definition) is 0. The second-order valence-electron chi connectivity index (χ2n) is 6.22. The largest absolute Gasteiger partial charge is 0.444 e. The summed E-state index contributed by atoms with van der Waals surface area (Å²) in [5.41, 5.74) is 2.04. The Morgan fingerprint density at radius 1 is 1.25 bits per heavy atom. The molecule has 1 fully saturated rings. The zero-order valence-electron chi connectivity index (χ0n) is 12.6. The first-order chi connectivity index (χ1) is 9.44. The number of carbonyl (C=O) groups is 1. The first kappa shape index (κ1) is 14.6. The van der Waals surface area contributed by atoms with Gasteiger partial charge in [-0.05, 0) is 39.2 Å². The van der Waals surface area contributed by atoms with Gasteiger partial charge in [-0.2, -0.15) is 0 Å². The normalized spacial score (nSPS) is 18.1. The second kappa shape index (κ2) is 6.12. The van der Waals surface area contributed by atoms with Crippen LogP contribution in [0.15, 0.2) is 35.9 Å². The van der Waals surface area contributed by atoms with Crippen LogP contribution in [0.25, 0.3) is 6.08 Å². The highest BCUT2D eigenvalue weighted by Gasteiger charge is 2.24. The Kier molecular flexibility index (Phi) is 4.48. The molecular weight excluding hydrogens is 250 g/mol. The highest BCUT2D eigenvalue weighted by atomic mass is 16.6. The lowest BCUT2D eigenvalue weighted by Gasteiger charge is -2.31. The van der Waals surface area contributed by atoms with Crippen LogP contribution >= 0.6 is 0 Å². The summed E-state index contributed by atoms with van der Waals surface area (Å²) in [6.07, 6.45) is 4.01. The number of hydrogen-bond acceptors (Lipinski definition) is 2. The van der Waals surface area contributed by atoms with Crippen LogP contribution in [0.4, 0.5) is 4.79 Å². The maximum atomic E-state index is 12.1. The quantitative estimate of drug-likeness (QED) is 0.771. The van der Waals surface area contributed by atoms with Crippen LogP contribution in [-0.4, -0.2) is 29.7 Å². The molecule has 1 aromatic rings. The minimum atomic E-state index is -0.433. The molecule has 0 spiro atoms. The molecule has 0 unspecified atom stereocenters. The predicted octanol–water partition coefficient (Wildman–Crippen LogP) is 4.10. The molecule has 0 radical (unpaired) electrons. The van der Waals surface area contributed by atoms with Crippen LogP contribution in [0.1, 0.15) is 39.2 Å². The van der Waals surface area contributed by atoms with Gasteiger partial charge in [0.05, 0.1) is 0 Å². The lowest BCUT2D eigenvalue weighted by Crippen LogP contribution is -2.40. The number of amides is 1. The van der Waals surface area contributed by atoms with Gasteiger partial charge in [0, 0.05) is 13.1 Å². The maximum absolute atomic E-state index is 12.1. The van der Waals surface area contributed by atoms with Gasteiger partial charge in [0.25, 0.3) is 0 Å². The van der Waals surface area contributed by atoms with E-state index >= 15 is 0 Å². The van der Waals surface area contributed by atoms with E-state index in [1.165, 1.54) is 11.1 Å². The third-order valence-electron chi connectivity index (χ3n) is 3.14. The second-order valence-corrected chi connectivity index (χ2v) is 6.22. The molecular formula is C17H23NO2. The van der Waals surface area contributed by atoms with Gasteiger partial charge < -0.3 is 9.64 Å². The predicted molar refractivity (Wildman–Crippen MR) is 81.5 cm³/mol. The molecule has 0 saturated carbocycles.